The summed E-state index contributed by atoms with van der Waals surface area (Å²) < 4.78 is 29.2. The molecular formula is C20H17ClIN3O3S. The molecule has 150 valence electrons. The van der Waals surface area contributed by atoms with Crippen LogP contribution in [0.4, 0.5) is 21.9 Å². The van der Waals surface area contributed by atoms with E-state index in [1.54, 1.807) is 55.5 Å². The van der Waals surface area contributed by atoms with Gasteiger partial charge in [0.25, 0.3) is 10.0 Å². The fourth-order valence-electron chi connectivity index (χ4n) is 2.52. The van der Waals surface area contributed by atoms with E-state index in [9.17, 15) is 13.2 Å². The van der Waals surface area contributed by atoms with E-state index in [0.717, 1.165) is 3.57 Å². The molecule has 3 rings (SSSR count). The van der Waals surface area contributed by atoms with Crippen molar-refractivity contribution in [2.24, 2.45) is 0 Å². The van der Waals surface area contributed by atoms with E-state index < -0.39 is 16.1 Å². The van der Waals surface area contributed by atoms with Crippen LogP contribution in [0.25, 0.3) is 0 Å². The van der Waals surface area contributed by atoms with Crippen LogP contribution in [0.2, 0.25) is 5.02 Å². The Bertz CT molecular complexity index is 1130. The second-order valence-corrected chi connectivity index (χ2v) is 9.51. The molecule has 29 heavy (non-hydrogen) atoms. The fraction of sp³-hybridized carbons (Fsp3) is 0.0500. The van der Waals surface area contributed by atoms with Crippen molar-refractivity contribution in [2.75, 3.05) is 15.4 Å². The summed E-state index contributed by atoms with van der Waals surface area (Å²) >= 11 is 8.01. The normalized spacial score (nSPS) is 11.0. The number of halogens is 2. The number of rotatable bonds is 5. The van der Waals surface area contributed by atoms with Crippen LogP contribution in [-0.4, -0.2) is 14.4 Å². The van der Waals surface area contributed by atoms with Gasteiger partial charge in [-0.15, -0.1) is 0 Å². The first kappa shape index (κ1) is 21.4. The molecule has 0 aliphatic carbocycles. The first-order valence-electron chi connectivity index (χ1n) is 8.45. The van der Waals surface area contributed by atoms with E-state index in [0.29, 0.717) is 27.6 Å². The topological polar surface area (TPSA) is 87.3 Å². The van der Waals surface area contributed by atoms with Gasteiger partial charge in [-0.25, -0.2) is 13.2 Å². The van der Waals surface area contributed by atoms with Crippen molar-refractivity contribution >= 4 is 67.3 Å². The van der Waals surface area contributed by atoms with E-state index in [1.165, 1.54) is 6.07 Å². The van der Waals surface area contributed by atoms with Crippen molar-refractivity contribution in [3.05, 3.63) is 80.9 Å². The van der Waals surface area contributed by atoms with Gasteiger partial charge in [-0.2, -0.15) is 0 Å². The molecule has 0 spiro atoms. The molecule has 3 aromatic carbocycles. The van der Waals surface area contributed by atoms with Crippen molar-refractivity contribution in [2.45, 2.75) is 11.8 Å². The van der Waals surface area contributed by atoms with Crippen LogP contribution < -0.4 is 15.4 Å². The predicted octanol–water partition coefficient (Wildman–Crippen LogP) is 5.70. The Labute approximate surface area is 187 Å². The zero-order valence-electron chi connectivity index (χ0n) is 15.2. The molecule has 3 N–H and O–H groups in total. The lowest BCUT2D eigenvalue weighted by atomic mass is 10.2. The zero-order chi connectivity index (χ0) is 21.0. The molecule has 0 atom stereocenters. The highest BCUT2D eigenvalue weighted by molar-refractivity contribution is 14.1. The van der Waals surface area contributed by atoms with Crippen LogP contribution in [0.5, 0.6) is 0 Å². The molecule has 0 saturated heterocycles. The van der Waals surface area contributed by atoms with Gasteiger partial charge < -0.3 is 10.6 Å². The van der Waals surface area contributed by atoms with Gasteiger partial charge >= 0.3 is 6.03 Å². The number of carbonyl (C=O) groups excluding carboxylic acids is 1. The highest BCUT2D eigenvalue weighted by Crippen LogP contribution is 2.24. The first-order valence-corrected chi connectivity index (χ1v) is 11.4. The number of benzene rings is 3. The minimum atomic E-state index is -3.84. The van der Waals surface area contributed by atoms with Gasteiger partial charge in [0.2, 0.25) is 0 Å². The molecule has 9 heteroatoms. The Morgan fingerprint density at radius 3 is 2.07 bits per heavy atom. The van der Waals surface area contributed by atoms with Gasteiger partial charge in [-0.05, 0) is 95.7 Å². The number of urea groups is 1. The first-order chi connectivity index (χ1) is 13.7. The van der Waals surface area contributed by atoms with Gasteiger partial charge in [-0.3, -0.25) is 4.72 Å². The number of nitrogens with one attached hydrogen (secondary N) is 3. The monoisotopic (exact) mass is 541 g/mol. The highest BCUT2D eigenvalue weighted by atomic mass is 127. The average Bonchev–Trinajstić information content (AvgIpc) is 2.67. The van der Waals surface area contributed by atoms with E-state index in [4.69, 9.17) is 11.6 Å². The molecule has 0 bridgehead atoms. The van der Waals surface area contributed by atoms with Gasteiger partial charge in [0.1, 0.15) is 0 Å². The average molecular weight is 542 g/mol. The molecule has 3 aromatic rings. The van der Waals surface area contributed by atoms with Crippen LogP contribution in [0, 0.1) is 10.5 Å². The van der Waals surface area contributed by atoms with Gasteiger partial charge in [0.05, 0.1) is 4.90 Å². The number of aryl methyl sites for hydroxylation is 1. The number of amides is 2. The minimum Gasteiger partial charge on any atom is -0.308 e. The Kier molecular flexibility index (Phi) is 6.66. The largest absolute Gasteiger partial charge is 0.323 e. The quantitative estimate of drug-likeness (QED) is 0.362. The van der Waals surface area contributed by atoms with Crippen LogP contribution in [0.15, 0.2) is 71.6 Å². The fourth-order valence-corrected chi connectivity index (χ4v) is 4.34. The number of carbonyl (C=O) groups is 1. The molecular weight excluding hydrogens is 525 g/mol. The van der Waals surface area contributed by atoms with Crippen molar-refractivity contribution in [3.8, 4) is 0 Å². The molecule has 0 unspecified atom stereocenters. The van der Waals surface area contributed by atoms with Gasteiger partial charge in [0.15, 0.2) is 0 Å². The molecule has 6 nitrogen and oxygen atoms in total. The van der Waals surface area contributed by atoms with Crippen LogP contribution in [0.1, 0.15) is 5.56 Å². The number of hydrogen-bond donors (Lipinski definition) is 3. The highest BCUT2D eigenvalue weighted by Gasteiger charge is 2.18. The van der Waals surface area contributed by atoms with Crippen LogP contribution in [-0.2, 0) is 10.0 Å². The summed E-state index contributed by atoms with van der Waals surface area (Å²) in [5.74, 6) is 0. The standard InChI is InChI=1S/C20H17ClIN3O3S/c1-13-2-7-18(24-20(26)23-16-10-5-15(22)6-11-16)12-19(13)29(27,28)25-17-8-3-14(21)4-9-17/h2-12,25H,1H3,(H2,23,24,26). The molecule has 0 aliphatic heterocycles. The second-order valence-electron chi connectivity index (χ2n) is 6.18. The lowest BCUT2D eigenvalue weighted by Crippen LogP contribution is -2.20. The molecule has 0 fully saturated rings. The van der Waals surface area contributed by atoms with Crippen molar-refractivity contribution in [3.63, 3.8) is 0 Å². The number of anilines is 3. The van der Waals surface area contributed by atoms with E-state index in [-0.39, 0.29) is 4.90 Å². The molecule has 0 aliphatic rings. The van der Waals surface area contributed by atoms with E-state index in [2.05, 4.69) is 37.9 Å². The van der Waals surface area contributed by atoms with E-state index in [1.807, 2.05) is 12.1 Å². The zero-order valence-corrected chi connectivity index (χ0v) is 19.0. The third-order valence-corrected chi connectivity index (χ3v) is 6.43. The summed E-state index contributed by atoms with van der Waals surface area (Å²) in [7, 11) is -3.84. The third-order valence-electron chi connectivity index (χ3n) is 3.93. The maximum atomic E-state index is 12.8. The summed E-state index contributed by atoms with van der Waals surface area (Å²) in [6.07, 6.45) is 0. The van der Waals surface area contributed by atoms with Crippen LogP contribution in [0.3, 0.4) is 0 Å². The molecule has 0 radical (unpaired) electrons. The predicted molar refractivity (Wildman–Crippen MR) is 125 cm³/mol. The van der Waals surface area contributed by atoms with Crippen molar-refractivity contribution in [1.29, 1.82) is 0 Å². The Morgan fingerprint density at radius 2 is 1.41 bits per heavy atom. The Hall–Kier alpha value is -2.30. The SMILES string of the molecule is Cc1ccc(NC(=O)Nc2ccc(I)cc2)cc1S(=O)(=O)Nc1ccc(Cl)cc1. The Balaban J connectivity index is 1.77. The summed E-state index contributed by atoms with van der Waals surface area (Å²) in [5.41, 5.74) is 1.93. The second kappa shape index (κ2) is 9.02. The lowest BCUT2D eigenvalue weighted by molar-refractivity contribution is 0.262. The third kappa shape index (κ3) is 5.84. The van der Waals surface area contributed by atoms with Crippen molar-refractivity contribution < 1.29 is 13.2 Å². The van der Waals surface area contributed by atoms with Gasteiger partial charge in [0, 0.05) is 25.7 Å². The summed E-state index contributed by atoms with van der Waals surface area (Å²) in [6.45, 7) is 1.69. The van der Waals surface area contributed by atoms with E-state index >= 15 is 0 Å². The summed E-state index contributed by atoms with van der Waals surface area (Å²) in [6, 6.07) is 17.9. The maximum Gasteiger partial charge on any atom is 0.323 e. The number of sulfonamides is 1. The smallest absolute Gasteiger partial charge is 0.308 e. The maximum absolute atomic E-state index is 12.8. The summed E-state index contributed by atoms with van der Waals surface area (Å²) in [5, 5.41) is 5.87. The molecule has 0 saturated carbocycles. The molecule has 0 aromatic heterocycles. The number of hydrogen-bond acceptors (Lipinski definition) is 3. The van der Waals surface area contributed by atoms with Gasteiger partial charge in [-0.1, -0.05) is 17.7 Å². The van der Waals surface area contributed by atoms with Crippen LogP contribution >= 0.6 is 34.2 Å². The van der Waals surface area contributed by atoms with Crippen molar-refractivity contribution in [1.82, 2.24) is 0 Å². The molecule has 2 amide bonds. The minimum absolute atomic E-state index is 0.0690. The Morgan fingerprint density at radius 1 is 0.862 bits per heavy atom. The summed E-state index contributed by atoms with van der Waals surface area (Å²) in [4.78, 5) is 12.3. The molecule has 0 heterocycles. The lowest BCUT2D eigenvalue weighted by Gasteiger charge is -2.13.